The Morgan fingerprint density at radius 1 is 0.767 bits per heavy atom. The Hall–Kier alpha value is -5.22. The lowest BCUT2D eigenvalue weighted by molar-refractivity contribution is 0.360. The highest BCUT2D eigenvalue weighted by molar-refractivity contribution is 5.88. The largest absolute Gasteiger partial charge is 0.449 e. The van der Waals surface area contributed by atoms with Crippen LogP contribution in [-0.4, -0.2) is 9.97 Å². The zero-order valence-corrected chi connectivity index (χ0v) is 24.9. The number of ether oxygens (including phenoxy) is 2. The Balaban J connectivity index is 1.26. The monoisotopic (exact) mass is 560 g/mol. The summed E-state index contributed by atoms with van der Waals surface area (Å²) in [6, 6.07) is 29.3. The number of hydrogen-bond acceptors (Lipinski definition) is 4. The molecule has 0 saturated heterocycles. The Kier molecular flexibility index (Phi) is 6.17. The molecule has 0 amide bonds. The molecule has 5 aromatic rings. The van der Waals surface area contributed by atoms with Gasteiger partial charge in [0.05, 0.1) is 11.4 Å². The van der Waals surface area contributed by atoms with Gasteiger partial charge < -0.3 is 9.47 Å². The molecular formula is C39H32N2O2. The fourth-order valence-corrected chi connectivity index (χ4v) is 6.04. The molecule has 4 aromatic carbocycles. The van der Waals surface area contributed by atoms with Gasteiger partial charge in [-0.1, -0.05) is 93.8 Å². The minimum atomic E-state index is -0.102. The maximum absolute atomic E-state index is 6.58. The molecule has 43 heavy (non-hydrogen) atoms. The van der Waals surface area contributed by atoms with Crippen LogP contribution in [0, 0.1) is 0 Å². The molecule has 2 heterocycles. The normalized spacial score (nSPS) is 14.0. The molecule has 1 aromatic heterocycles. The summed E-state index contributed by atoms with van der Waals surface area (Å²) in [5.41, 5.74) is 11.3. The van der Waals surface area contributed by atoms with Crippen LogP contribution in [0.5, 0.6) is 23.0 Å². The Morgan fingerprint density at radius 3 is 2.35 bits per heavy atom. The van der Waals surface area contributed by atoms with E-state index in [1.807, 2.05) is 50.3 Å². The average molecular weight is 561 g/mol. The molecule has 0 radical (unpaired) electrons. The summed E-state index contributed by atoms with van der Waals surface area (Å²) in [5, 5.41) is 0. The van der Waals surface area contributed by atoms with Gasteiger partial charge >= 0.3 is 0 Å². The lowest BCUT2D eigenvalue weighted by Crippen LogP contribution is -2.15. The first-order valence-electron chi connectivity index (χ1n) is 14.5. The van der Waals surface area contributed by atoms with E-state index in [9.17, 15) is 0 Å². The van der Waals surface area contributed by atoms with Crippen molar-refractivity contribution in [2.45, 2.75) is 33.1 Å². The zero-order chi connectivity index (χ0) is 29.9. The van der Waals surface area contributed by atoms with Crippen LogP contribution in [0.1, 0.15) is 50.3 Å². The first-order valence-corrected chi connectivity index (χ1v) is 14.5. The molecule has 0 unspecified atom stereocenters. The second-order valence-electron chi connectivity index (χ2n) is 11.6. The van der Waals surface area contributed by atoms with Gasteiger partial charge in [-0.05, 0) is 77.6 Å². The van der Waals surface area contributed by atoms with Crippen LogP contribution in [0.25, 0.3) is 44.7 Å². The maximum Gasteiger partial charge on any atom is 0.178 e. The van der Waals surface area contributed by atoms with Crippen molar-refractivity contribution in [2.24, 2.45) is 0 Å². The van der Waals surface area contributed by atoms with E-state index in [1.165, 1.54) is 16.7 Å². The van der Waals surface area contributed by atoms with Crippen LogP contribution in [0.2, 0.25) is 0 Å². The molecule has 1 aliphatic heterocycles. The van der Waals surface area contributed by atoms with E-state index in [-0.39, 0.29) is 5.41 Å². The van der Waals surface area contributed by atoms with E-state index >= 15 is 0 Å². The summed E-state index contributed by atoms with van der Waals surface area (Å²) in [4.78, 5) is 9.53. The number of aromatic nitrogens is 2. The van der Waals surface area contributed by atoms with Crippen LogP contribution in [0.15, 0.2) is 110 Å². The van der Waals surface area contributed by atoms with E-state index in [4.69, 9.17) is 19.4 Å². The van der Waals surface area contributed by atoms with Crippen molar-refractivity contribution in [3.8, 4) is 56.5 Å². The van der Waals surface area contributed by atoms with Gasteiger partial charge in [-0.25, -0.2) is 9.97 Å². The Morgan fingerprint density at radius 2 is 1.53 bits per heavy atom. The quantitative estimate of drug-likeness (QED) is 0.197. The first-order chi connectivity index (χ1) is 20.8. The summed E-state index contributed by atoms with van der Waals surface area (Å²) < 4.78 is 13.1. The third-order valence-corrected chi connectivity index (χ3v) is 8.63. The zero-order valence-electron chi connectivity index (χ0n) is 24.9. The van der Waals surface area contributed by atoms with Gasteiger partial charge in [-0.2, -0.15) is 0 Å². The molecule has 7 rings (SSSR count). The summed E-state index contributed by atoms with van der Waals surface area (Å²) >= 11 is 0. The lowest BCUT2D eigenvalue weighted by Gasteiger charge is -2.25. The molecule has 0 saturated carbocycles. The molecule has 2 aliphatic rings. The van der Waals surface area contributed by atoms with Gasteiger partial charge in [-0.15, -0.1) is 0 Å². The summed E-state index contributed by atoms with van der Waals surface area (Å²) in [7, 11) is 0. The van der Waals surface area contributed by atoms with E-state index in [2.05, 4.69) is 81.6 Å². The standard InChI is InChI=1S/C39H32N2O2/c1-7-23(3)31-22-32(41-38(40-31)24(4)8-2)27-13-11-12-25(20-27)26-16-18-33-35(21-26)42-34-19-17-30-36(37(34)43-33)28-14-9-10-15-29(28)39(30,5)6/h7-22H,2,4H2,1,3,5-6H3/b23-7+. The third kappa shape index (κ3) is 4.29. The van der Waals surface area contributed by atoms with Crippen LogP contribution >= 0.6 is 0 Å². The number of rotatable bonds is 5. The summed E-state index contributed by atoms with van der Waals surface area (Å²) in [6.45, 7) is 16.5. The minimum absolute atomic E-state index is 0.102. The molecular weight excluding hydrogens is 528 g/mol. The Labute approximate surface area is 252 Å². The molecule has 0 spiro atoms. The molecule has 0 bridgehead atoms. The van der Waals surface area contributed by atoms with Crippen LogP contribution in [0.4, 0.5) is 0 Å². The average Bonchev–Trinajstić information content (AvgIpc) is 3.29. The van der Waals surface area contributed by atoms with Gasteiger partial charge in [0.2, 0.25) is 0 Å². The summed E-state index contributed by atoms with van der Waals surface area (Å²) in [6.07, 6.45) is 3.73. The second-order valence-corrected chi connectivity index (χ2v) is 11.6. The van der Waals surface area contributed by atoms with Crippen molar-refractivity contribution in [1.29, 1.82) is 0 Å². The maximum atomic E-state index is 6.58. The van der Waals surface area contributed by atoms with Gasteiger partial charge in [0.15, 0.2) is 28.8 Å². The Bertz CT molecular complexity index is 1990. The molecule has 4 heteroatoms. The number of benzene rings is 4. The fraction of sp³-hybridized carbons (Fsp3) is 0.128. The smallest absolute Gasteiger partial charge is 0.178 e. The van der Waals surface area contributed by atoms with Crippen molar-refractivity contribution >= 4 is 11.1 Å². The number of nitrogens with zero attached hydrogens (tertiary/aromatic N) is 2. The minimum Gasteiger partial charge on any atom is -0.449 e. The van der Waals surface area contributed by atoms with E-state index < -0.39 is 0 Å². The summed E-state index contributed by atoms with van der Waals surface area (Å²) in [5.74, 6) is 3.49. The highest BCUT2D eigenvalue weighted by Crippen LogP contribution is 2.58. The molecule has 210 valence electrons. The number of allylic oxidation sites excluding steroid dienone is 4. The van der Waals surface area contributed by atoms with Crippen LogP contribution in [0.3, 0.4) is 0 Å². The van der Waals surface area contributed by atoms with Gasteiger partial charge in [0, 0.05) is 22.1 Å². The van der Waals surface area contributed by atoms with Gasteiger partial charge in [-0.3, -0.25) is 0 Å². The predicted molar refractivity (Wildman–Crippen MR) is 176 cm³/mol. The predicted octanol–water partition coefficient (Wildman–Crippen LogP) is 10.6. The second kappa shape index (κ2) is 9.95. The van der Waals surface area contributed by atoms with E-state index in [1.54, 1.807) is 6.08 Å². The molecule has 0 atom stereocenters. The molecule has 1 aliphatic carbocycles. The van der Waals surface area contributed by atoms with Gasteiger partial charge in [0.1, 0.15) is 0 Å². The fourth-order valence-electron chi connectivity index (χ4n) is 6.04. The van der Waals surface area contributed by atoms with Crippen molar-refractivity contribution in [1.82, 2.24) is 9.97 Å². The number of fused-ring (bicyclic) bond motifs is 6. The molecule has 0 fully saturated rings. The van der Waals surface area contributed by atoms with Crippen molar-refractivity contribution in [3.05, 3.63) is 133 Å². The SMILES string of the molecule is C=CC(=C)c1nc(/C(C)=C/C)cc(-c2cccc(-c3ccc4c(c3)Oc3ccc5c(c3O4)-c3ccccc3C5(C)C)c2)n1. The highest BCUT2D eigenvalue weighted by Gasteiger charge is 2.39. The first kappa shape index (κ1) is 26.7. The van der Waals surface area contributed by atoms with Crippen LogP contribution in [-0.2, 0) is 5.41 Å². The van der Waals surface area contributed by atoms with E-state index in [0.717, 1.165) is 50.7 Å². The lowest BCUT2D eigenvalue weighted by atomic mass is 9.82. The number of hydrogen-bond donors (Lipinski definition) is 0. The molecule has 0 N–H and O–H groups in total. The van der Waals surface area contributed by atoms with Crippen molar-refractivity contribution in [2.75, 3.05) is 0 Å². The van der Waals surface area contributed by atoms with Gasteiger partial charge in [0.25, 0.3) is 0 Å². The topological polar surface area (TPSA) is 44.2 Å². The van der Waals surface area contributed by atoms with E-state index in [0.29, 0.717) is 22.9 Å². The van der Waals surface area contributed by atoms with Crippen molar-refractivity contribution < 1.29 is 9.47 Å². The molecule has 4 nitrogen and oxygen atoms in total. The van der Waals surface area contributed by atoms with Crippen LogP contribution < -0.4 is 9.47 Å². The van der Waals surface area contributed by atoms with Crippen molar-refractivity contribution in [3.63, 3.8) is 0 Å². The highest BCUT2D eigenvalue weighted by atomic mass is 16.6. The third-order valence-electron chi connectivity index (χ3n) is 8.63.